The van der Waals surface area contributed by atoms with Crippen molar-refractivity contribution in [1.29, 1.82) is 0 Å². The summed E-state index contributed by atoms with van der Waals surface area (Å²) in [5, 5.41) is 15.1. The Balaban J connectivity index is 2.73. The number of carbonyl (C=O) groups excluding carboxylic acids is 2. The van der Waals surface area contributed by atoms with Gasteiger partial charge >= 0.3 is 18.2 Å². The number of aromatic nitrogens is 1. The fourth-order valence-corrected chi connectivity index (χ4v) is 2.32. The fraction of sp³-hybridized carbons (Fsp3) is 0.538. The lowest BCUT2D eigenvalue weighted by Crippen LogP contribution is -2.38. The first-order valence-electron chi connectivity index (χ1n) is 6.95. The highest BCUT2D eigenvalue weighted by atomic mass is 35.6. The summed E-state index contributed by atoms with van der Waals surface area (Å²) in [7, 11) is 0. The van der Waals surface area contributed by atoms with Gasteiger partial charge in [-0.3, -0.25) is 5.32 Å². The summed E-state index contributed by atoms with van der Waals surface area (Å²) in [5.74, 6) is -1.36. The number of carbonyl (C=O) groups is 3. The monoisotopic (exact) mass is 447 g/mol. The van der Waals surface area contributed by atoms with Gasteiger partial charge in [-0.15, -0.1) is 11.3 Å². The second-order valence-corrected chi connectivity index (χ2v) is 9.19. The molecule has 0 spiro atoms. The van der Waals surface area contributed by atoms with Crippen molar-refractivity contribution in [2.45, 2.75) is 36.2 Å². The Bertz CT molecular complexity index is 671. The normalized spacial score (nSPS) is 12.8. The van der Waals surface area contributed by atoms with Gasteiger partial charge in [0.2, 0.25) is 3.79 Å². The van der Waals surface area contributed by atoms with Crippen molar-refractivity contribution in [3.05, 3.63) is 11.1 Å². The van der Waals surface area contributed by atoms with Gasteiger partial charge < -0.3 is 19.9 Å². The van der Waals surface area contributed by atoms with Crippen LogP contribution in [0.15, 0.2) is 5.38 Å². The molecule has 0 aromatic carbocycles. The van der Waals surface area contributed by atoms with Gasteiger partial charge in [-0.25, -0.2) is 19.4 Å². The number of halogens is 3. The summed E-state index contributed by atoms with van der Waals surface area (Å²) < 4.78 is 7.90. The predicted octanol–water partition coefficient (Wildman–Crippen LogP) is 3.71. The van der Waals surface area contributed by atoms with Crippen molar-refractivity contribution in [3.63, 3.8) is 0 Å². The van der Waals surface area contributed by atoms with Crippen LogP contribution in [0.1, 0.15) is 32.5 Å². The first kappa shape index (κ1) is 22.6. The van der Waals surface area contributed by atoms with Gasteiger partial charge in [0.05, 0.1) is 5.69 Å². The van der Waals surface area contributed by atoms with Gasteiger partial charge in [0.25, 0.3) is 0 Å². The van der Waals surface area contributed by atoms with Crippen LogP contribution in [-0.2, 0) is 14.3 Å². The Morgan fingerprint density at radius 1 is 1.27 bits per heavy atom. The van der Waals surface area contributed by atoms with Crippen molar-refractivity contribution in [2.75, 3.05) is 11.9 Å². The van der Waals surface area contributed by atoms with E-state index >= 15 is 0 Å². The average molecular weight is 449 g/mol. The molecule has 1 heterocycles. The van der Waals surface area contributed by atoms with E-state index in [1.807, 2.05) is 0 Å². The van der Waals surface area contributed by atoms with E-state index in [0.717, 1.165) is 11.3 Å². The first-order chi connectivity index (χ1) is 11.8. The lowest BCUT2D eigenvalue weighted by atomic mass is 10.2. The third kappa shape index (κ3) is 8.75. The van der Waals surface area contributed by atoms with Crippen LogP contribution in [0, 0.1) is 0 Å². The largest absolute Gasteiger partial charge is 0.479 e. The Hall–Kier alpha value is -1.49. The fourth-order valence-electron chi connectivity index (χ4n) is 1.43. The first-order valence-corrected chi connectivity index (χ1v) is 8.96. The van der Waals surface area contributed by atoms with E-state index in [2.05, 4.69) is 20.4 Å². The van der Waals surface area contributed by atoms with Gasteiger partial charge in [-0.1, -0.05) is 34.8 Å². The Kier molecular flexibility index (Phi) is 7.75. The number of carboxylic acids is 1. The van der Waals surface area contributed by atoms with Crippen LogP contribution in [-0.4, -0.2) is 44.2 Å². The number of anilines is 1. The molecule has 1 rings (SSSR count). The molecule has 0 aliphatic carbocycles. The van der Waals surface area contributed by atoms with Crippen molar-refractivity contribution in [2.24, 2.45) is 0 Å². The molecule has 2 amide bonds. The maximum atomic E-state index is 11.8. The number of hydrogen-bond acceptors (Lipinski definition) is 7. The van der Waals surface area contributed by atoms with Crippen LogP contribution in [0.4, 0.5) is 14.7 Å². The van der Waals surface area contributed by atoms with Gasteiger partial charge in [0, 0.05) is 5.38 Å². The van der Waals surface area contributed by atoms with Gasteiger partial charge in [-0.2, -0.15) is 0 Å². The minimum absolute atomic E-state index is 0.00923. The summed E-state index contributed by atoms with van der Waals surface area (Å²) in [6.45, 7) is 4.42. The van der Waals surface area contributed by atoms with Crippen molar-refractivity contribution >= 4 is 69.4 Å². The second kappa shape index (κ2) is 8.94. The number of aliphatic carboxylic acids is 1. The maximum absolute atomic E-state index is 11.8. The summed E-state index contributed by atoms with van der Waals surface area (Å²) >= 11 is 17.3. The topological polar surface area (TPSA) is 127 Å². The third-order valence-corrected chi connectivity index (χ3v) is 3.40. The number of nitrogens with zero attached hydrogens (tertiary/aromatic N) is 1. The number of rotatable bonds is 5. The molecule has 0 saturated carbocycles. The summed E-state index contributed by atoms with van der Waals surface area (Å²) in [4.78, 5) is 38.6. The van der Waals surface area contributed by atoms with Crippen LogP contribution in [0.25, 0.3) is 0 Å². The Morgan fingerprint density at radius 3 is 2.38 bits per heavy atom. The standard InChI is InChI=1S/C13H16Cl3N3O6S/c1-12(2,3)25-11(23)18-7(8(20)21)6-4-26-9(17-6)19-10(22)24-5-13(14,15)16/h4,7H,5H2,1-3H3,(H,18,23)(H,20,21)(H,17,19,22). The number of nitrogens with one attached hydrogen (secondary N) is 2. The molecule has 0 bridgehead atoms. The van der Waals surface area contributed by atoms with Gasteiger partial charge in [-0.05, 0) is 20.8 Å². The number of alkyl halides is 3. The number of amides is 2. The Labute approximate surface area is 167 Å². The van der Waals surface area contributed by atoms with Gasteiger partial charge in [0.15, 0.2) is 11.2 Å². The highest BCUT2D eigenvalue weighted by Crippen LogP contribution is 2.26. The molecule has 0 radical (unpaired) electrons. The number of alkyl carbamates (subject to hydrolysis) is 1. The smallest absolute Gasteiger partial charge is 0.413 e. The van der Waals surface area contributed by atoms with E-state index in [1.54, 1.807) is 20.8 Å². The van der Waals surface area contributed by atoms with Gasteiger partial charge in [0.1, 0.15) is 12.2 Å². The Morgan fingerprint density at radius 2 is 1.88 bits per heavy atom. The van der Waals surface area contributed by atoms with E-state index in [-0.39, 0.29) is 10.8 Å². The number of carboxylic acid groups (broad SMARTS) is 1. The molecule has 1 unspecified atom stereocenters. The van der Waals surface area contributed by atoms with Crippen LogP contribution in [0.3, 0.4) is 0 Å². The lowest BCUT2D eigenvalue weighted by molar-refractivity contribution is -0.139. The molecule has 3 N–H and O–H groups in total. The van der Waals surface area contributed by atoms with E-state index < -0.39 is 40.2 Å². The maximum Gasteiger partial charge on any atom is 0.413 e. The molecule has 146 valence electrons. The molecule has 0 fully saturated rings. The summed E-state index contributed by atoms with van der Waals surface area (Å²) in [5.41, 5.74) is -0.807. The highest BCUT2D eigenvalue weighted by Gasteiger charge is 2.28. The third-order valence-electron chi connectivity index (χ3n) is 2.30. The molecule has 0 saturated heterocycles. The molecule has 9 nitrogen and oxygen atoms in total. The second-order valence-electron chi connectivity index (χ2n) is 5.81. The van der Waals surface area contributed by atoms with E-state index in [9.17, 15) is 19.5 Å². The van der Waals surface area contributed by atoms with Crippen molar-refractivity contribution in [3.8, 4) is 0 Å². The van der Waals surface area contributed by atoms with Crippen molar-refractivity contribution in [1.82, 2.24) is 10.3 Å². The summed E-state index contributed by atoms with van der Waals surface area (Å²) in [6.07, 6.45) is -1.86. The molecule has 13 heteroatoms. The average Bonchev–Trinajstić information content (AvgIpc) is 2.87. The zero-order valence-corrected chi connectivity index (χ0v) is 16.9. The van der Waals surface area contributed by atoms with Crippen LogP contribution < -0.4 is 10.6 Å². The zero-order valence-electron chi connectivity index (χ0n) is 13.8. The SMILES string of the molecule is CC(C)(C)OC(=O)NC(C(=O)O)c1csc(NC(=O)OCC(Cl)(Cl)Cl)n1. The highest BCUT2D eigenvalue weighted by molar-refractivity contribution is 7.13. The molecule has 0 aliphatic heterocycles. The van der Waals surface area contributed by atoms with Crippen LogP contribution >= 0.6 is 46.1 Å². The van der Waals surface area contributed by atoms with Crippen LogP contribution in [0.5, 0.6) is 0 Å². The number of hydrogen-bond donors (Lipinski definition) is 3. The molecule has 1 aromatic rings. The molecular weight excluding hydrogens is 433 g/mol. The molecule has 1 atom stereocenters. The molecule has 0 aliphatic rings. The minimum atomic E-state index is -1.77. The van der Waals surface area contributed by atoms with Crippen molar-refractivity contribution < 1.29 is 29.0 Å². The lowest BCUT2D eigenvalue weighted by Gasteiger charge is -2.21. The zero-order chi connectivity index (χ0) is 20.1. The van der Waals surface area contributed by atoms with E-state index in [1.165, 1.54) is 5.38 Å². The predicted molar refractivity (Wildman–Crippen MR) is 97.1 cm³/mol. The molecular formula is C13H16Cl3N3O6S. The minimum Gasteiger partial charge on any atom is -0.479 e. The quantitative estimate of drug-likeness (QED) is 0.586. The van der Waals surface area contributed by atoms with E-state index in [4.69, 9.17) is 39.5 Å². The number of ether oxygens (including phenoxy) is 2. The summed E-state index contributed by atoms with van der Waals surface area (Å²) in [6, 6.07) is -1.46. The molecule has 1 aromatic heterocycles. The molecule has 26 heavy (non-hydrogen) atoms. The number of thiazole rings is 1. The van der Waals surface area contributed by atoms with Crippen LogP contribution in [0.2, 0.25) is 0 Å². The van der Waals surface area contributed by atoms with E-state index in [0.29, 0.717) is 0 Å².